The first kappa shape index (κ1) is 75.0. The van der Waals surface area contributed by atoms with E-state index in [0.29, 0.717) is 12.8 Å². The van der Waals surface area contributed by atoms with Gasteiger partial charge in [0.05, 0.1) is 0 Å². The first-order valence-corrected chi connectivity index (χ1v) is 32.5. The molecule has 80 heavy (non-hydrogen) atoms. The molecule has 0 aromatic carbocycles. The highest BCUT2D eigenvalue weighted by molar-refractivity contribution is 5.71. The molecule has 0 aliphatic rings. The molecule has 0 radical (unpaired) electrons. The van der Waals surface area contributed by atoms with Crippen LogP contribution in [0.4, 0.5) is 0 Å². The minimum absolute atomic E-state index is 0.104. The molecule has 0 aromatic rings. The summed E-state index contributed by atoms with van der Waals surface area (Å²) in [5, 5.41) is 0. The maximum atomic E-state index is 12.9. The lowest BCUT2D eigenvalue weighted by atomic mass is 10.0. The lowest BCUT2D eigenvalue weighted by Crippen LogP contribution is -2.30. The lowest BCUT2D eigenvalue weighted by molar-refractivity contribution is -0.167. The first-order chi connectivity index (χ1) is 39.5. The Morgan fingerprint density at radius 2 is 0.487 bits per heavy atom. The molecule has 0 bridgehead atoms. The molecular formula is C74H118O6. The molecule has 0 aliphatic heterocycles. The molecule has 0 rings (SSSR count). The number of ether oxygens (including phenoxy) is 3. The Morgan fingerprint density at radius 3 is 0.775 bits per heavy atom. The molecule has 450 valence electrons. The SMILES string of the molecule is CC/C=C\C/C=C\C/C=C\C/C=C\C/C=C\C/C=C\C/C=C\CCCCCC(=O)OCC(COC(=O)CCCCCCCCCCCCCCCC)OC(=O)CCCCCC/C=C\C/C=C\C/C=C\C/C=C\C/C=C\C/C=C\CC. The van der Waals surface area contributed by atoms with E-state index in [9.17, 15) is 14.4 Å². The van der Waals surface area contributed by atoms with Gasteiger partial charge in [-0.1, -0.05) is 281 Å². The Balaban J connectivity index is 4.51. The molecule has 0 saturated heterocycles. The average Bonchev–Trinajstić information content (AvgIpc) is 3.46. The third kappa shape index (κ3) is 63.9. The summed E-state index contributed by atoms with van der Waals surface area (Å²) in [5.74, 6) is -0.964. The second-order valence-electron chi connectivity index (χ2n) is 20.9. The third-order valence-corrected chi connectivity index (χ3v) is 13.3. The summed E-state index contributed by atoms with van der Waals surface area (Å²) in [4.78, 5) is 38.4. The van der Waals surface area contributed by atoms with E-state index in [1.807, 2.05) is 0 Å². The van der Waals surface area contributed by atoms with Crippen molar-refractivity contribution in [3.8, 4) is 0 Å². The van der Waals surface area contributed by atoms with Crippen molar-refractivity contribution in [1.29, 1.82) is 0 Å². The van der Waals surface area contributed by atoms with Gasteiger partial charge < -0.3 is 14.2 Å². The van der Waals surface area contributed by atoms with Crippen molar-refractivity contribution >= 4 is 17.9 Å². The Bertz CT molecular complexity index is 1790. The fourth-order valence-electron chi connectivity index (χ4n) is 8.48. The smallest absolute Gasteiger partial charge is 0.306 e. The number of hydrogen-bond acceptors (Lipinski definition) is 6. The van der Waals surface area contributed by atoms with E-state index in [0.717, 1.165) is 161 Å². The van der Waals surface area contributed by atoms with Gasteiger partial charge in [0.2, 0.25) is 0 Å². The number of esters is 3. The topological polar surface area (TPSA) is 78.9 Å². The van der Waals surface area contributed by atoms with E-state index in [2.05, 4.69) is 179 Å². The molecule has 0 heterocycles. The van der Waals surface area contributed by atoms with Crippen LogP contribution in [0.2, 0.25) is 0 Å². The molecule has 1 atom stereocenters. The van der Waals surface area contributed by atoms with Gasteiger partial charge in [-0.05, 0) is 128 Å². The third-order valence-electron chi connectivity index (χ3n) is 13.3. The van der Waals surface area contributed by atoms with E-state index in [1.54, 1.807) is 0 Å². The van der Waals surface area contributed by atoms with Crippen LogP contribution in [0.15, 0.2) is 158 Å². The normalized spacial score (nSPS) is 13.2. The molecule has 1 unspecified atom stereocenters. The van der Waals surface area contributed by atoms with Crippen molar-refractivity contribution in [2.75, 3.05) is 13.2 Å². The summed E-state index contributed by atoms with van der Waals surface area (Å²) in [6, 6.07) is 0. The summed E-state index contributed by atoms with van der Waals surface area (Å²) in [5.41, 5.74) is 0. The fraction of sp³-hybridized carbons (Fsp3) is 0.608. The zero-order valence-corrected chi connectivity index (χ0v) is 51.5. The zero-order chi connectivity index (χ0) is 57.8. The van der Waals surface area contributed by atoms with Gasteiger partial charge in [0.15, 0.2) is 6.10 Å². The van der Waals surface area contributed by atoms with Gasteiger partial charge in [0.1, 0.15) is 13.2 Å². The van der Waals surface area contributed by atoms with Crippen LogP contribution in [0.1, 0.15) is 271 Å². The zero-order valence-electron chi connectivity index (χ0n) is 51.5. The maximum Gasteiger partial charge on any atom is 0.306 e. The molecule has 0 saturated carbocycles. The van der Waals surface area contributed by atoms with Gasteiger partial charge in [-0.25, -0.2) is 0 Å². The van der Waals surface area contributed by atoms with Crippen molar-refractivity contribution in [2.24, 2.45) is 0 Å². The van der Waals surface area contributed by atoms with Crippen LogP contribution in [0, 0.1) is 0 Å². The molecule has 6 nitrogen and oxygen atoms in total. The van der Waals surface area contributed by atoms with Gasteiger partial charge >= 0.3 is 17.9 Å². The van der Waals surface area contributed by atoms with Crippen LogP contribution in [-0.4, -0.2) is 37.2 Å². The first-order valence-electron chi connectivity index (χ1n) is 32.5. The Labute approximate surface area is 492 Å². The Kier molecular flexibility index (Phi) is 62.4. The van der Waals surface area contributed by atoms with Gasteiger partial charge in [-0.15, -0.1) is 0 Å². The Hall–Kier alpha value is -4.97. The van der Waals surface area contributed by atoms with E-state index in [1.165, 1.54) is 70.6 Å². The molecule has 0 fully saturated rings. The average molecular weight is 1100 g/mol. The molecular weight excluding hydrogens is 985 g/mol. The number of hydrogen-bond donors (Lipinski definition) is 0. The van der Waals surface area contributed by atoms with Crippen LogP contribution in [0.5, 0.6) is 0 Å². The van der Waals surface area contributed by atoms with Crippen LogP contribution in [-0.2, 0) is 28.6 Å². The molecule has 0 aromatic heterocycles. The van der Waals surface area contributed by atoms with E-state index < -0.39 is 6.10 Å². The van der Waals surface area contributed by atoms with Crippen LogP contribution >= 0.6 is 0 Å². The largest absolute Gasteiger partial charge is 0.462 e. The summed E-state index contributed by atoms with van der Waals surface area (Å²) in [7, 11) is 0. The summed E-state index contributed by atoms with van der Waals surface area (Å²) >= 11 is 0. The Morgan fingerprint density at radius 1 is 0.263 bits per heavy atom. The number of unbranched alkanes of at least 4 members (excludes halogenated alkanes) is 20. The summed E-state index contributed by atoms with van der Waals surface area (Å²) < 4.78 is 16.9. The second-order valence-corrected chi connectivity index (χ2v) is 20.9. The summed E-state index contributed by atoms with van der Waals surface area (Å²) in [6.07, 6.45) is 96.7. The maximum absolute atomic E-state index is 12.9. The van der Waals surface area contributed by atoms with Crippen molar-refractivity contribution in [3.05, 3.63) is 158 Å². The quantitative estimate of drug-likeness (QED) is 0.0261. The van der Waals surface area contributed by atoms with Crippen molar-refractivity contribution in [1.82, 2.24) is 0 Å². The molecule has 0 spiro atoms. The van der Waals surface area contributed by atoms with E-state index in [4.69, 9.17) is 14.2 Å². The second kappa shape index (κ2) is 66.5. The van der Waals surface area contributed by atoms with Crippen molar-refractivity contribution < 1.29 is 28.6 Å². The van der Waals surface area contributed by atoms with E-state index in [-0.39, 0.29) is 37.5 Å². The number of rotatable bonds is 57. The highest BCUT2D eigenvalue weighted by atomic mass is 16.6. The van der Waals surface area contributed by atoms with Crippen molar-refractivity contribution in [2.45, 2.75) is 277 Å². The van der Waals surface area contributed by atoms with Gasteiger partial charge in [0.25, 0.3) is 0 Å². The monoisotopic (exact) mass is 1100 g/mol. The standard InChI is InChI=1S/C74H118O6/c1-4-7-10-13-16-19-22-25-28-30-32-34-36-37-39-40-42-44-46-49-52-55-58-61-64-67-73(76)79-70-71(69-78-72(75)66-63-60-57-54-51-48-27-24-21-18-15-12-9-6-3)80-74(77)68-65-62-59-56-53-50-47-45-43-41-38-35-33-31-29-26-23-20-17-14-11-8-5-2/h7-8,10-11,16-17,19-20,25-26,28-29,32-35,37,39,41-44,47,49-50,52,71H,4-6,9,12-15,18,21-24,27,30-31,36,38,40,45-46,48,51,53-70H2,1-3H3/b10-7-,11-8-,19-16-,20-17-,28-25-,29-26-,34-32-,35-33-,39-37-,43-41-,44-42-,50-47-,52-49-. The van der Waals surface area contributed by atoms with Crippen LogP contribution in [0.25, 0.3) is 0 Å². The highest BCUT2D eigenvalue weighted by Gasteiger charge is 2.19. The van der Waals surface area contributed by atoms with Crippen LogP contribution in [0.3, 0.4) is 0 Å². The fourth-order valence-corrected chi connectivity index (χ4v) is 8.48. The van der Waals surface area contributed by atoms with Gasteiger partial charge in [-0.3, -0.25) is 14.4 Å². The molecule has 0 amide bonds. The van der Waals surface area contributed by atoms with Gasteiger partial charge in [0, 0.05) is 19.3 Å². The molecule has 6 heteroatoms. The lowest BCUT2D eigenvalue weighted by Gasteiger charge is -2.18. The van der Waals surface area contributed by atoms with E-state index >= 15 is 0 Å². The number of carbonyl (C=O) groups is 3. The predicted octanol–water partition coefficient (Wildman–Crippen LogP) is 22.5. The van der Waals surface area contributed by atoms with Gasteiger partial charge in [-0.2, -0.15) is 0 Å². The van der Waals surface area contributed by atoms with Crippen LogP contribution < -0.4 is 0 Å². The number of allylic oxidation sites excluding steroid dienone is 26. The minimum atomic E-state index is -0.814. The molecule has 0 N–H and O–H groups in total. The molecule has 0 aliphatic carbocycles. The highest BCUT2D eigenvalue weighted by Crippen LogP contribution is 2.15. The predicted molar refractivity (Wildman–Crippen MR) is 348 cm³/mol. The van der Waals surface area contributed by atoms with Crippen molar-refractivity contribution in [3.63, 3.8) is 0 Å². The minimum Gasteiger partial charge on any atom is -0.462 e. The number of carbonyl (C=O) groups excluding carboxylic acids is 3. The summed E-state index contributed by atoms with van der Waals surface area (Å²) in [6.45, 7) is 6.37.